The maximum absolute atomic E-state index is 13.7. The zero-order valence-electron chi connectivity index (χ0n) is 13.4. The van der Waals surface area contributed by atoms with Crippen molar-refractivity contribution in [3.63, 3.8) is 0 Å². The van der Waals surface area contributed by atoms with Gasteiger partial charge in [0.15, 0.2) is 11.6 Å². The summed E-state index contributed by atoms with van der Waals surface area (Å²) in [5.74, 6) is 0.552. The summed E-state index contributed by atoms with van der Waals surface area (Å²) in [5, 5.41) is 0. The summed E-state index contributed by atoms with van der Waals surface area (Å²) in [6.45, 7) is 0. The summed E-state index contributed by atoms with van der Waals surface area (Å²) in [5.41, 5.74) is -1.29. The van der Waals surface area contributed by atoms with Gasteiger partial charge in [-0.3, -0.25) is 19.2 Å². The molecule has 6 fully saturated rings. The minimum absolute atomic E-state index is 0.0112. The molecular formula is C21H16O4. The molecule has 0 aromatic carbocycles. The van der Waals surface area contributed by atoms with E-state index in [1.54, 1.807) is 0 Å². The van der Waals surface area contributed by atoms with Crippen LogP contribution >= 0.6 is 0 Å². The van der Waals surface area contributed by atoms with Gasteiger partial charge in [-0.05, 0) is 42.2 Å². The van der Waals surface area contributed by atoms with Gasteiger partial charge < -0.3 is 0 Å². The molecule has 0 amide bonds. The van der Waals surface area contributed by atoms with Crippen LogP contribution < -0.4 is 0 Å². The van der Waals surface area contributed by atoms with Gasteiger partial charge in [-0.15, -0.1) is 0 Å². The van der Waals surface area contributed by atoms with E-state index in [0.29, 0.717) is 23.4 Å². The molecule has 2 spiro atoms. The summed E-state index contributed by atoms with van der Waals surface area (Å²) in [7, 11) is 0. The number of rotatable bonds is 0. The molecule has 6 saturated carbocycles. The quantitative estimate of drug-likeness (QED) is 0.621. The lowest BCUT2D eigenvalue weighted by molar-refractivity contribution is -0.186. The molecule has 25 heavy (non-hydrogen) atoms. The third-order valence-corrected chi connectivity index (χ3v) is 10.2. The maximum Gasteiger partial charge on any atom is 0.160 e. The van der Waals surface area contributed by atoms with Crippen LogP contribution in [0.2, 0.25) is 0 Å². The van der Waals surface area contributed by atoms with Gasteiger partial charge in [-0.2, -0.15) is 0 Å². The molecule has 0 aliphatic heterocycles. The van der Waals surface area contributed by atoms with Crippen molar-refractivity contribution in [2.24, 2.45) is 70.0 Å². The number of ketones is 4. The van der Waals surface area contributed by atoms with E-state index in [2.05, 4.69) is 12.2 Å². The van der Waals surface area contributed by atoms with Crippen LogP contribution in [0, 0.1) is 70.0 Å². The number of Topliss-reactive ketones (excluding diaryl/α,β-unsaturated/α-hetero) is 2. The second-order valence-corrected chi connectivity index (χ2v) is 9.75. The minimum atomic E-state index is -0.644. The highest BCUT2D eigenvalue weighted by atomic mass is 16.2. The minimum Gasteiger partial charge on any atom is -0.299 e. The second kappa shape index (κ2) is 3.04. The lowest BCUT2D eigenvalue weighted by Crippen LogP contribution is -2.71. The second-order valence-electron chi connectivity index (χ2n) is 9.75. The van der Waals surface area contributed by atoms with Gasteiger partial charge in [0.25, 0.3) is 0 Å². The first-order valence-electron chi connectivity index (χ1n) is 9.60. The highest BCUT2D eigenvalue weighted by molar-refractivity contribution is 6.15. The normalized spacial score (nSPS) is 68.2. The van der Waals surface area contributed by atoms with Crippen molar-refractivity contribution >= 4 is 23.1 Å². The number of carbonyl (C=O) groups is 4. The molecule has 9 aliphatic carbocycles. The van der Waals surface area contributed by atoms with Crippen molar-refractivity contribution in [3.8, 4) is 0 Å². The molecule has 0 unspecified atom stereocenters. The van der Waals surface area contributed by atoms with Crippen LogP contribution in [-0.4, -0.2) is 23.1 Å². The molecule has 124 valence electrons. The van der Waals surface area contributed by atoms with Crippen LogP contribution in [0.1, 0.15) is 6.42 Å². The first-order chi connectivity index (χ1) is 12.1. The third kappa shape index (κ3) is 0.756. The molecule has 0 radical (unpaired) electrons. The molecule has 0 aromatic rings. The lowest BCUT2D eigenvalue weighted by Gasteiger charge is -2.64. The van der Waals surface area contributed by atoms with E-state index < -0.39 is 22.7 Å². The molecule has 4 bridgehead atoms. The zero-order chi connectivity index (χ0) is 16.6. The number of hydrogen-bond donors (Lipinski definition) is 0. The predicted octanol–water partition coefficient (Wildman–Crippen LogP) is 1.01. The molecule has 0 heterocycles. The van der Waals surface area contributed by atoms with Gasteiger partial charge >= 0.3 is 0 Å². The number of carbonyl (C=O) groups excluding carboxylic acids is 4. The van der Waals surface area contributed by atoms with Gasteiger partial charge in [0, 0.05) is 35.5 Å². The summed E-state index contributed by atoms with van der Waals surface area (Å²) >= 11 is 0. The summed E-state index contributed by atoms with van der Waals surface area (Å²) in [6.07, 6.45) is 7.91. The van der Waals surface area contributed by atoms with Crippen LogP contribution in [0.15, 0.2) is 24.3 Å². The highest BCUT2D eigenvalue weighted by Gasteiger charge is 2.98. The molecule has 9 rings (SSSR count). The molecule has 0 N–H and O–H groups in total. The largest absolute Gasteiger partial charge is 0.299 e. The Morgan fingerprint density at radius 2 is 1.12 bits per heavy atom. The Morgan fingerprint density at radius 1 is 0.680 bits per heavy atom. The Kier molecular flexibility index (Phi) is 1.52. The first kappa shape index (κ1) is 12.5. The topological polar surface area (TPSA) is 68.3 Å². The summed E-state index contributed by atoms with van der Waals surface area (Å²) < 4.78 is 0. The Hall–Kier alpha value is -1.84. The zero-order valence-corrected chi connectivity index (χ0v) is 13.4. The van der Waals surface area contributed by atoms with Gasteiger partial charge in [-0.1, -0.05) is 12.2 Å². The van der Waals surface area contributed by atoms with Crippen molar-refractivity contribution in [1.82, 2.24) is 0 Å². The van der Waals surface area contributed by atoms with E-state index in [1.807, 2.05) is 0 Å². The maximum atomic E-state index is 13.7. The molecule has 4 nitrogen and oxygen atoms in total. The van der Waals surface area contributed by atoms with E-state index in [4.69, 9.17) is 0 Å². The highest BCUT2D eigenvalue weighted by Crippen LogP contribution is 2.94. The molecule has 0 aromatic heterocycles. The van der Waals surface area contributed by atoms with Crippen LogP contribution in [0.4, 0.5) is 0 Å². The van der Waals surface area contributed by atoms with E-state index in [-0.39, 0.29) is 47.1 Å². The molecule has 9 aliphatic rings. The van der Waals surface area contributed by atoms with Gasteiger partial charge in [0.2, 0.25) is 0 Å². The van der Waals surface area contributed by atoms with Crippen molar-refractivity contribution in [2.45, 2.75) is 6.42 Å². The van der Waals surface area contributed by atoms with Crippen LogP contribution in [0.3, 0.4) is 0 Å². The van der Waals surface area contributed by atoms with Gasteiger partial charge in [-0.25, -0.2) is 0 Å². The van der Waals surface area contributed by atoms with E-state index >= 15 is 0 Å². The molecule has 12 atom stereocenters. The average Bonchev–Trinajstić information content (AvgIpc) is 3.10. The lowest BCUT2D eigenvalue weighted by atomic mass is 9.35. The molecule has 0 saturated heterocycles. The van der Waals surface area contributed by atoms with Crippen molar-refractivity contribution in [1.29, 1.82) is 0 Å². The average molecular weight is 332 g/mol. The first-order valence-corrected chi connectivity index (χ1v) is 9.60. The Balaban J connectivity index is 1.52. The van der Waals surface area contributed by atoms with Gasteiger partial charge in [0.05, 0.1) is 10.8 Å². The summed E-state index contributed by atoms with van der Waals surface area (Å²) in [6, 6.07) is 0. The fourth-order valence-corrected chi connectivity index (χ4v) is 10.3. The van der Waals surface area contributed by atoms with E-state index in [0.717, 1.165) is 6.42 Å². The van der Waals surface area contributed by atoms with Crippen molar-refractivity contribution in [3.05, 3.63) is 24.3 Å². The standard InChI is InChI=1S/C21H16O4/c22-10-3-4-11(23)13-7-2-1-6(12(10)13)20-8-5-9-15-14(8)16(18(20)24)17(15)19(25)21(7,9)20/h1-4,6-9,12-17H,5H2/t6-,7+,8+,9-,12-,13+,14+,15-,16+,17-,20+,21-. The van der Waals surface area contributed by atoms with Crippen LogP contribution in [-0.2, 0) is 19.2 Å². The Labute approximate surface area is 143 Å². The number of fused-ring (bicyclic) bond motifs is 1. The SMILES string of the molecule is O=C1C=CC(=O)[C@H]2[C@@H]1[C@H]1C=C[C@@H]2[C@@]23C(=O)[C@H]4[C@H]5C(=O)[C@@]12[C@H]1C[C@@H]3[C@@H]4[C@@H]51. The number of hydrogen-bond acceptors (Lipinski definition) is 4. The smallest absolute Gasteiger partial charge is 0.160 e. The van der Waals surface area contributed by atoms with E-state index in [1.165, 1.54) is 12.2 Å². The Bertz CT molecular complexity index is 883. The van der Waals surface area contributed by atoms with Crippen LogP contribution in [0.5, 0.6) is 0 Å². The third-order valence-electron chi connectivity index (χ3n) is 10.2. The monoisotopic (exact) mass is 332 g/mol. The van der Waals surface area contributed by atoms with Gasteiger partial charge in [0.1, 0.15) is 11.6 Å². The number of allylic oxidation sites excluding steroid dienone is 4. The fraction of sp³-hybridized carbons (Fsp3) is 0.619. The molecular weight excluding hydrogens is 316 g/mol. The van der Waals surface area contributed by atoms with E-state index in [9.17, 15) is 19.2 Å². The fourth-order valence-electron chi connectivity index (χ4n) is 10.3. The summed E-state index contributed by atoms with van der Waals surface area (Å²) in [4.78, 5) is 52.8. The van der Waals surface area contributed by atoms with Crippen LogP contribution in [0.25, 0.3) is 0 Å². The predicted molar refractivity (Wildman–Crippen MR) is 82.7 cm³/mol. The molecule has 4 heteroatoms. The Morgan fingerprint density at radius 3 is 1.56 bits per heavy atom. The van der Waals surface area contributed by atoms with Crippen molar-refractivity contribution < 1.29 is 19.2 Å². The van der Waals surface area contributed by atoms with Crippen molar-refractivity contribution in [2.75, 3.05) is 0 Å².